The van der Waals surface area contributed by atoms with E-state index in [-0.39, 0.29) is 50.7 Å². The van der Waals surface area contributed by atoms with Gasteiger partial charge in [0.15, 0.2) is 11.6 Å². The van der Waals surface area contributed by atoms with Gasteiger partial charge in [-0.25, -0.2) is 0 Å². The fourth-order valence-electron chi connectivity index (χ4n) is 4.89. The van der Waals surface area contributed by atoms with E-state index in [1.54, 1.807) is 28.2 Å². The Bertz CT molecular complexity index is 2150. The summed E-state index contributed by atoms with van der Waals surface area (Å²) in [5.74, 6) is -2.24. The molecule has 0 radical (unpaired) electrons. The average Bonchev–Trinajstić information content (AvgIpc) is 3.55. The lowest BCUT2D eigenvalue weighted by molar-refractivity contribution is 0.0827. The van der Waals surface area contributed by atoms with Crippen molar-refractivity contribution in [3.63, 3.8) is 0 Å². The monoisotopic (exact) mass is 753 g/mol. The van der Waals surface area contributed by atoms with Crippen LogP contribution in [0.15, 0.2) is 21.1 Å². The van der Waals surface area contributed by atoms with Gasteiger partial charge in [-0.1, -0.05) is 0 Å². The molecule has 1 N–H and O–H groups in total. The average molecular weight is 755 g/mol. The minimum Gasteiger partial charge on any atom is -0.344 e. The SMILES string of the molecule is CN(C)C(=O)c1sc(C(=O)N(C)C)c2c(C#N)c(Br)cc(C#N)c12.O=C1NC(=O)c2sc3c4c(c(Br)cc1c24)C(=O)CC3=O. The molecule has 6 rings (SSSR count). The van der Waals surface area contributed by atoms with E-state index in [2.05, 4.69) is 43.2 Å². The molecule has 0 saturated heterocycles. The summed E-state index contributed by atoms with van der Waals surface area (Å²) < 4.78 is 0.899. The number of nitrogens with one attached hydrogen (secondary N) is 1. The lowest BCUT2D eigenvalue weighted by Gasteiger charge is -2.16. The van der Waals surface area contributed by atoms with Crippen molar-refractivity contribution in [3.8, 4) is 12.1 Å². The van der Waals surface area contributed by atoms with Gasteiger partial charge >= 0.3 is 0 Å². The van der Waals surface area contributed by atoms with Crippen molar-refractivity contribution in [2.75, 3.05) is 28.2 Å². The van der Waals surface area contributed by atoms with Crippen LogP contribution in [0.25, 0.3) is 21.5 Å². The number of hydrogen-bond acceptors (Lipinski definition) is 10. The fourth-order valence-corrected chi connectivity index (χ4v) is 8.57. The Balaban J connectivity index is 0.000000177. The van der Waals surface area contributed by atoms with Crippen molar-refractivity contribution < 1.29 is 28.8 Å². The number of benzene rings is 2. The summed E-state index contributed by atoms with van der Waals surface area (Å²) in [7, 11) is 6.38. The van der Waals surface area contributed by atoms with Crippen LogP contribution in [0.2, 0.25) is 0 Å². The first-order chi connectivity index (χ1) is 20.7. The highest BCUT2D eigenvalue weighted by Gasteiger charge is 2.37. The summed E-state index contributed by atoms with van der Waals surface area (Å²) in [6, 6.07) is 7.15. The molecule has 11 nitrogen and oxygen atoms in total. The number of nitriles is 2. The van der Waals surface area contributed by atoms with Crippen LogP contribution in [0, 0.1) is 22.7 Å². The van der Waals surface area contributed by atoms with E-state index < -0.39 is 11.8 Å². The number of amides is 4. The van der Waals surface area contributed by atoms with Gasteiger partial charge in [-0.05, 0) is 44.0 Å². The molecule has 15 heteroatoms. The van der Waals surface area contributed by atoms with Gasteiger partial charge in [0.05, 0.1) is 34.1 Å². The number of nitrogens with zero attached hydrogens (tertiary/aromatic N) is 4. The molecule has 0 unspecified atom stereocenters. The highest BCUT2D eigenvalue weighted by atomic mass is 79.9. The maximum absolute atomic E-state index is 12.5. The number of thiophene rings is 2. The van der Waals surface area contributed by atoms with Crippen molar-refractivity contribution >= 4 is 111 Å². The van der Waals surface area contributed by atoms with Gasteiger partial charge in [-0.3, -0.25) is 34.1 Å². The van der Waals surface area contributed by atoms with Crippen LogP contribution < -0.4 is 5.32 Å². The largest absolute Gasteiger partial charge is 0.344 e. The Morgan fingerprint density at radius 1 is 0.773 bits per heavy atom. The van der Waals surface area contributed by atoms with Crippen LogP contribution in [0.5, 0.6) is 0 Å². The molecule has 44 heavy (non-hydrogen) atoms. The molecule has 1 aliphatic heterocycles. The van der Waals surface area contributed by atoms with Gasteiger partial charge in [0.1, 0.15) is 20.7 Å². The smallest absolute Gasteiger partial charge is 0.268 e. The van der Waals surface area contributed by atoms with Crippen molar-refractivity contribution in [3.05, 3.63) is 62.8 Å². The predicted molar refractivity (Wildman–Crippen MR) is 170 cm³/mol. The third kappa shape index (κ3) is 4.73. The van der Waals surface area contributed by atoms with Crippen molar-refractivity contribution in [1.82, 2.24) is 15.1 Å². The number of carbonyl (C=O) groups excluding carboxylic acids is 6. The molecular weight excluding hydrogens is 738 g/mol. The molecule has 0 saturated carbocycles. The molecule has 2 aromatic carbocycles. The van der Waals surface area contributed by atoms with E-state index in [0.717, 1.165) is 22.7 Å². The standard InChI is InChI=1S/C16H13BrN4O2S.C13H4BrNO4S/c1-20(2)15(22)13-11-8(6-18)5-10(17)9(7-19)12(11)14(24-13)16(23)21(3)4;14-4-1-3-7-9-8(4)5(16)2-6(17)10(9)20-11(7)13(19)15-12(3)18/h5H,1-4H3;1H,2H2,(H,15,18,19). The number of imide groups is 1. The second-order valence-corrected chi connectivity index (χ2v) is 13.8. The molecule has 220 valence electrons. The van der Waals surface area contributed by atoms with Crippen molar-refractivity contribution in [1.29, 1.82) is 10.5 Å². The van der Waals surface area contributed by atoms with E-state index in [1.807, 2.05) is 6.07 Å². The number of fused-ring (bicyclic) bond motifs is 1. The molecule has 0 fully saturated rings. The normalized spacial score (nSPS) is 13.2. The fraction of sp³-hybridized carbons (Fsp3) is 0.172. The maximum Gasteiger partial charge on any atom is 0.268 e. The summed E-state index contributed by atoms with van der Waals surface area (Å²) in [4.78, 5) is 76.9. The Labute approximate surface area is 273 Å². The van der Waals surface area contributed by atoms with E-state index in [0.29, 0.717) is 51.4 Å². The van der Waals surface area contributed by atoms with Crippen LogP contribution in [0.4, 0.5) is 0 Å². The van der Waals surface area contributed by atoms with Gasteiger partial charge < -0.3 is 9.80 Å². The zero-order valence-electron chi connectivity index (χ0n) is 23.2. The van der Waals surface area contributed by atoms with Crippen LogP contribution in [-0.4, -0.2) is 73.2 Å². The van der Waals surface area contributed by atoms with Gasteiger partial charge in [0, 0.05) is 64.2 Å². The third-order valence-electron chi connectivity index (χ3n) is 6.84. The quantitative estimate of drug-likeness (QED) is 0.217. The minimum absolute atomic E-state index is 0.199. The second-order valence-electron chi connectivity index (χ2n) is 10.0. The Morgan fingerprint density at radius 3 is 1.95 bits per heavy atom. The highest BCUT2D eigenvalue weighted by Crippen LogP contribution is 2.44. The summed E-state index contributed by atoms with van der Waals surface area (Å²) >= 11 is 8.61. The van der Waals surface area contributed by atoms with Crippen molar-refractivity contribution in [2.45, 2.75) is 6.42 Å². The lowest BCUT2D eigenvalue weighted by Crippen LogP contribution is -2.33. The lowest BCUT2D eigenvalue weighted by atomic mass is 9.89. The number of Topliss-reactive ketones (excluding diaryl/α,β-unsaturated/α-hetero) is 2. The van der Waals surface area contributed by atoms with Gasteiger partial charge in [-0.15, -0.1) is 22.7 Å². The topological polar surface area (TPSA) is 169 Å². The number of carbonyl (C=O) groups is 6. The molecule has 4 amide bonds. The third-order valence-corrected chi connectivity index (χ3v) is 10.5. The van der Waals surface area contributed by atoms with Crippen LogP contribution in [-0.2, 0) is 0 Å². The number of halogens is 2. The van der Waals surface area contributed by atoms with Gasteiger partial charge in [-0.2, -0.15) is 10.5 Å². The van der Waals surface area contributed by atoms with Crippen LogP contribution in [0.3, 0.4) is 0 Å². The number of hydrogen-bond donors (Lipinski definition) is 1. The van der Waals surface area contributed by atoms with Gasteiger partial charge in [0.25, 0.3) is 23.6 Å². The first-order valence-electron chi connectivity index (χ1n) is 12.5. The van der Waals surface area contributed by atoms with E-state index in [1.165, 1.54) is 21.9 Å². The highest BCUT2D eigenvalue weighted by molar-refractivity contribution is 9.10. The zero-order chi connectivity index (χ0) is 32.4. The first kappa shape index (κ1) is 31.2. The molecule has 2 aliphatic rings. The second kappa shape index (κ2) is 11.3. The zero-order valence-corrected chi connectivity index (χ0v) is 28.0. The van der Waals surface area contributed by atoms with Crippen molar-refractivity contribution in [2.24, 2.45) is 0 Å². The summed E-state index contributed by atoms with van der Waals surface area (Å²) in [5.41, 5.74) is 1.19. The summed E-state index contributed by atoms with van der Waals surface area (Å²) in [6.07, 6.45) is -0.199. The molecule has 3 heterocycles. The Kier molecular flexibility index (Phi) is 8.02. The Morgan fingerprint density at radius 2 is 1.39 bits per heavy atom. The molecular formula is C29H17Br2N5O6S2. The van der Waals surface area contributed by atoms with Gasteiger partial charge in [0.2, 0.25) is 0 Å². The maximum atomic E-state index is 12.5. The van der Waals surface area contributed by atoms with Crippen LogP contribution >= 0.6 is 54.5 Å². The predicted octanol–water partition coefficient (Wildman–Crippen LogP) is 5.13. The molecule has 0 atom stereocenters. The molecule has 0 spiro atoms. The number of rotatable bonds is 2. The summed E-state index contributed by atoms with van der Waals surface area (Å²) in [6.45, 7) is 0. The molecule has 0 bridgehead atoms. The molecule has 4 aromatic rings. The van der Waals surface area contributed by atoms with E-state index in [4.69, 9.17) is 0 Å². The summed E-state index contributed by atoms with van der Waals surface area (Å²) in [5, 5.41) is 22.8. The first-order valence-corrected chi connectivity index (χ1v) is 15.7. The number of ketones is 2. The minimum atomic E-state index is -0.515. The molecule has 2 aromatic heterocycles. The molecule has 1 aliphatic carbocycles. The Hall–Kier alpha value is -4.28. The van der Waals surface area contributed by atoms with Crippen LogP contribution in [0.1, 0.15) is 77.0 Å². The van der Waals surface area contributed by atoms with E-state index >= 15 is 0 Å². The van der Waals surface area contributed by atoms with E-state index in [9.17, 15) is 39.3 Å².